The van der Waals surface area contributed by atoms with Crippen LogP contribution in [-0.4, -0.2) is 53.7 Å². The predicted molar refractivity (Wildman–Crippen MR) is 122 cm³/mol. The lowest BCUT2D eigenvalue weighted by Gasteiger charge is -2.34. The summed E-state index contributed by atoms with van der Waals surface area (Å²) in [6.07, 6.45) is 6.61. The summed E-state index contributed by atoms with van der Waals surface area (Å²) in [6, 6.07) is 7.58. The Hall–Kier alpha value is -2.89. The monoisotopic (exact) mass is 454 g/mol. The smallest absolute Gasteiger partial charge is 0.271 e. The summed E-state index contributed by atoms with van der Waals surface area (Å²) in [5.74, 6) is 1.27. The zero-order valence-corrected chi connectivity index (χ0v) is 18.8. The third-order valence-corrected chi connectivity index (χ3v) is 6.35. The van der Waals surface area contributed by atoms with E-state index in [4.69, 9.17) is 21.6 Å². The molecular weight excluding hydrogens is 428 g/mol. The molecule has 1 aliphatic heterocycles. The first-order chi connectivity index (χ1) is 15.5. The number of nitrogens with one attached hydrogen (secondary N) is 2. The summed E-state index contributed by atoms with van der Waals surface area (Å²) in [5.41, 5.74) is 0.770. The van der Waals surface area contributed by atoms with Gasteiger partial charge in [0, 0.05) is 37.8 Å². The number of benzene rings is 1. The molecule has 2 aliphatic rings. The van der Waals surface area contributed by atoms with Gasteiger partial charge in [0.25, 0.3) is 5.91 Å². The highest BCUT2D eigenvalue weighted by Crippen LogP contribution is 2.27. The van der Waals surface area contributed by atoms with Gasteiger partial charge < -0.3 is 20.3 Å². The van der Waals surface area contributed by atoms with Gasteiger partial charge in [-0.05, 0) is 44.7 Å². The fraction of sp³-hybridized carbons (Fsp3) is 0.478. The maximum atomic E-state index is 12.6. The number of ether oxygens (including phenoxy) is 1. The van der Waals surface area contributed by atoms with Gasteiger partial charge in [-0.3, -0.25) is 4.79 Å². The standard InChI is InChI=1S/C23H27ClN6O2/c1-15-12-26-8-9-30(15)22-14-27-21(13-28-22)23(31)29-17-3-6-18(7-4-17)32-19-5-2-16(11-25)20(24)10-19/h2,5,10,13-15,17-18,26H,3-4,6-9,12H2,1H3,(H,29,31). The predicted octanol–water partition coefficient (Wildman–Crippen LogP) is 2.92. The summed E-state index contributed by atoms with van der Waals surface area (Å²) in [7, 11) is 0. The van der Waals surface area contributed by atoms with Crippen molar-refractivity contribution in [2.24, 2.45) is 0 Å². The van der Waals surface area contributed by atoms with Gasteiger partial charge in [0.2, 0.25) is 0 Å². The second-order valence-corrected chi connectivity index (χ2v) is 8.73. The molecule has 1 aromatic carbocycles. The molecule has 1 amide bonds. The average Bonchev–Trinajstić information content (AvgIpc) is 2.81. The van der Waals surface area contributed by atoms with Crippen molar-refractivity contribution in [3.63, 3.8) is 0 Å². The first-order valence-electron chi connectivity index (χ1n) is 11.0. The van der Waals surface area contributed by atoms with Crippen molar-refractivity contribution in [1.82, 2.24) is 20.6 Å². The highest BCUT2D eigenvalue weighted by atomic mass is 35.5. The molecule has 0 spiro atoms. The Kier molecular flexibility index (Phi) is 7.08. The topological polar surface area (TPSA) is 103 Å². The van der Waals surface area contributed by atoms with Gasteiger partial charge in [0.1, 0.15) is 23.3 Å². The van der Waals surface area contributed by atoms with Crippen molar-refractivity contribution >= 4 is 23.3 Å². The van der Waals surface area contributed by atoms with E-state index in [1.54, 1.807) is 30.6 Å². The van der Waals surface area contributed by atoms with Crippen LogP contribution in [0.3, 0.4) is 0 Å². The number of hydrogen-bond donors (Lipinski definition) is 2. The van der Waals surface area contributed by atoms with Crippen molar-refractivity contribution in [2.45, 2.75) is 50.8 Å². The zero-order valence-electron chi connectivity index (χ0n) is 18.1. The van der Waals surface area contributed by atoms with Crippen LogP contribution >= 0.6 is 11.6 Å². The molecule has 8 nitrogen and oxygen atoms in total. The van der Waals surface area contributed by atoms with E-state index in [0.29, 0.717) is 28.1 Å². The van der Waals surface area contributed by atoms with Crippen molar-refractivity contribution < 1.29 is 9.53 Å². The van der Waals surface area contributed by atoms with E-state index in [1.807, 2.05) is 6.07 Å². The average molecular weight is 455 g/mol. The number of rotatable bonds is 5. The molecule has 4 rings (SSSR count). The number of carbonyl (C=O) groups is 1. The second-order valence-electron chi connectivity index (χ2n) is 8.32. The van der Waals surface area contributed by atoms with E-state index in [-0.39, 0.29) is 18.1 Å². The second kappa shape index (κ2) is 10.2. The number of aromatic nitrogens is 2. The molecule has 1 atom stereocenters. The SMILES string of the molecule is CC1CNCCN1c1cnc(C(=O)NC2CCC(Oc3ccc(C#N)c(Cl)c3)CC2)cn1. The Morgan fingerprint density at radius 3 is 2.75 bits per heavy atom. The first-order valence-corrected chi connectivity index (χ1v) is 11.4. The van der Waals surface area contributed by atoms with Gasteiger partial charge >= 0.3 is 0 Å². The number of amides is 1. The van der Waals surface area contributed by atoms with Crippen molar-refractivity contribution in [3.8, 4) is 11.8 Å². The maximum Gasteiger partial charge on any atom is 0.271 e. The number of nitrogens with zero attached hydrogens (tertiary/aromatic N) is 4. The quantitative estimate of drug-likeness (QED) is 0.715. The number of hydrogen-bond acceptors (Lipinski definition) is 7. The lowest BCUT2D eigenvalue weighted by molar-refractivity contribution is 0.0888. The van der Waals surface area contributed by atoms with Gasteiger partial charge in [-0.1, -0.05) is 11.6 Å². The van der Waals surface area contributed by atoms with Crippen LogP contribution in [0.4, 0.5) is 5.82 Å². The molecule has 9 heteroatoms. The van der Waals surface area contributed by atoms with Crippen LogP contribution in [0, 0.1) is 11.3 Å². The Bertz CT molecular complexity index is 985. The van der Waals surface area contributed by atoms with E-state index in [0.717, 1.165) is 51.1 Å². The molecule has 2 fully saturated rings. The van der Waals surface area contributed by atoms with Crippen LogP contribution in [0.1, 0.15) is 48.7 Å². The molecule has 1 unspecified atom stereocenters. The highest BCUT2D eigenvalue weighted by molar-refractivity contribution is 6.31. The molecule has 1 aliphatic carbocycles. The molecule has 1 saturated carbocycles. The van der Waals surface area contributed by atoms with Crippen LogP contribution in [0.5, 0.6) is 5.75 Å². The number of halogens is 1. The number of nitriles is 1. The van der Waals surface area contributed by atoms with Crippen LogP contribution < -0.4 is 20.3 Å². The van der Waals surface area contributed by atoms with Crippen molar-refractivity contribution in [1.29, 1.82) is 5.26 Å². The van der Waals surface area contributed by atoms with Gasteiger partial charge in [0.15, 0.2) is 0 Å². The molecule has 2 heterocycles. The molecular formula is C23H27ClN6O2. The summed E-state index contributed by atoms with van der Waals surface area (Å²) in [6.45, 7) is 4.85. The normalized spacial score (nSPS) is 23.3. The lowest BCUT2D eigenvalue weighted by atomic mass is 9.93. The van der Waals surface area contributed by atoms with Crippen LogP contribution in [-0.2, 0) is 0 Å². The van der Waals surface area contributed by atoms with E-state index in [1.165, 1.54) is 0 Å². The molecule has 168 valence electrons. The maximum absolute atomic E-state index is 12.6. The van der Waals surface area contributed by atoms with E-state index >= 15 is 0 Å². The minimum absolute atomic E-state index is 0.0623. The number of carbonyl (C=O) groups excluding carboxylic acids is 1. The van der Waals surface area contributed by atoms with Gasteiger partial charge in [-0.2, -0.15) is 5.26 Å². The summed E-state index contributed by atoms with van der Waals surface area (Å²) >= 11 is 6.08. The van der Waals surface area contributed by atoms with Gasteiger partial charge in [0.05, 0.1) is 29.1 Å². The van der Waals surface area contributed by atoms with Gasteiger partial charge in [-0.15, -0.1) is 0 Å². The molecule has 32 heavy (non-hydrogen) atoms. The van der Waals surface area contributed by atoms with E-state index in [9.17, 15) is 4.79 Å². The Balaban J connectivity index is 1.26. The Morgan fingerprint density at radius 1 is 1.28 bits per heavy atom. The van der Waals surface area contributed by atoms with Crippen LogP contribution in [0.15, 0.2) is 30.6 Å². The zero-order chi connectivity index (χ0) is 22.5. The summed E-state index contributed by atoms with van der Waals surface area (Å²) < 4.78 is 6.01. The Labute approximate surface area is 192 Å². The molecule has 2 N–H and O–H groups in total. The van der Waals surface area contributed by atoms with Crippen molar-refractivity contribution in [2.75, 3.05) is 24.5 Å². The fourth-order valence-electron chi connectivity index (χ4n) is 4.20. The summed E-state index contributed by atoms with van der Waals surface area (Å²) in [5, 5.41) is 15.8. The molecule has 0 radical (unpaired) electrons. The number of anilines is 1. The molecule has 2 aromatic rings. The largest absolute Gasteiger partial charge is 0.490 e. The van der Waals surface area contributed by atoms with Crippen molar-refractivity contribution in [3.05, 3.63) is 46.9 Å². The first kappa shape index (κ1) is 22.3. The molecule has 1 saturated heterocycles. The number of piperazine rings is 1. The molecule has 1 aromatic heterocycles. The third-order valence-electron chi connectivity index (χ3n) is 6.04. The lowest BCUT2D eigenvalue weighted by Crippen LogP contribution is -2.50. The fourth-order valence-corrected chi connectivity index (χ4v) is 4.42. The van der Waals surface area contributed by atoms with Crippen LogP contribution in [0.2, 0.25) is 5.02 Å². The molecule has 0 bridgehead atoms. The van der Waals surface area contributed by atoms with E-state index in [2.05, 4.69) is 32.4 Å². The van der Waals surface area contributed by atoms with Crippen LogP contribution in [0.25, 0.3) is 0 Å². The highest BCUT2D eigenvalue weighted by Gasteiger charge is 2.25. The minimum atomic E-state index is -0.194. The van der Waals surface area contributed by atoms with E-state index < -0.39 is 0 Å². The summed E-state index contributed by atoms with van der Waals surface area (Å²) in [4.78, 5) is 23.6. The third kappa shape index (κ3) is 5.29. The Morgan fingerprint density at radius 2 is 2.09 bits per heavy atom. The minimum Gasteiger partial charge on any atom is -0.490 e. The van der Waals surface area contributed by atoms with Gasteiger partial charge in [-0.25, -0.2) is 9.97 Å².